The molecule has 5 nitrogen and oxygen atoms in total. The predicted octanol–water partition coefficient (Wildman–Crippen LogP) is 6.82. The van der Waals surface area contributed by atoms with Gasteiger partial charge in [0.1, 0.15) is 10.8 Å². The Bertz CT molecular complexity index is 1260. The van der Waals surface area contributed by atoms with Crippen LogP contribution >= 0.6 is 11.3 Å². The van der Waals surface area contributed by atoms with Crippen LogP contribution in [-0.2, 0) is 11.0 Å². The molecule has 0 aliphatic heterocycles. The summed E-state index contributed by atoms with van der Waals surface area (Å²) in [4.78, 5) is 29.3. The monoisotopic (exact) mass is 488 g/mol. The van der Waals surface area contributed by atoms with Gasteiger partial charge in [-0.25, -0.2) is 4.98 Å². The first-order chi connectivity index (χ1) is 15.9. The molecule has 0 fully saturated rings. The summed E-state index contributed by atoms with van der Waals surface area (Å²) in [5, 5.41) is 13.4. The fourth-order valence-electron chi connectivity index (χ4n) is 3.26. The molecular formula is C25H23F3N2O3S. The van der Waals surface area contributed by atoms with Crippen molar-refractivity contribution in [3.05, 3.63) is 69.7 Å². The van der Waals surface area contributed by atoms with Gasteiger partial charge in [-0.05, 0) is 48.8 Å². The Morgan fingerprint density at radius 2 is 1.79 bits per heavy atom. The molecule has 0 aliphatic rings. The van der Waals surface area contributed by atoms with Crippen molar-refractivity contribution in [2.45, 2.75) is 39.8 Å². The number of phenols is 1. The summed E-state index contributed by atoms with van der Waals surface area (Å²) in [5.74, 6) is -0.976. The first kappa shape index (κ1) is 25.2. The van der Waals surface area contributed by atoms with Crippen molar-refractivity contribution in [1.29, 1.82) is 0 Å². The van der Waals surface area contributed by atoms with Crippen LogP contribution in [0.3, 0.4) is 0 Å². The van der Waals surface area contributed by atoms with Crippen molar-refractivity contribution in [1.82, 2.24) is 4.98 Å². The number of rotatable bonds is 6. The number of thiazole rings is 1. The topological polar surface area (TPSA) is 79.3 Å². The number of amides is 1. The van der Waals surface area contributed by atoms with E-state index in [0.29, 0.717) is 32.4 Å². The highest BCUT2D eigenvalue weighted by molar-refractivity contribution is 7.16. The zero-order chi connectivity index (χ0) is 25.2. The molecule has 0 bridgehead atoms. The van der Waals surface area contributed by atoms with Gasteiger partial charge in [0.15, 0.2) is 5.78 Å². The van der Waals surface area contributed by atoms with Crippen molar-refractivity contribution in [3.63, 3.8) is 0 Å². The summed E-state index contributed by atoms with van der Waals surface area (Å²) < 4.78 is 38.6. The van der Waals surface area contributed by atoms with Gasteiger partial charge in [0.2, 0.25) is 5.91 Å². The van der Waals surface area contributed by atoms with E-state index in [1.807, 2.05) is 13.8 Å². The van der Waals surface area contributed by atoms with Crippen molar-refractivity contribution < 1.29 is 27.9 Å². The molecule has 2 aromatic carbocycles. The summed E-state index contributed by atoms with van der Waals surface area (Å²) in [7, 11) is 0. The van der Waals surface area contributed by atoms with Crippen LogP contribution in [0, 0.1) is 6.92 Å². The fraction of sp³-hybridized carbons (Fsp3) is 0.240. The SMILES string of the molecule is CC(=O)Nc1cc(O)c(C(=O)/C=C/c2sc(-c3ccc(C(F)(F)F)cc3)nc2C(C)C)cc1C. The molecule has 1 heterocycles. The largest absolute Gasteiger partial charge is 0.507 e. The van der Waals surface area contributed by atoms with Crippen molar-refractivity contribution in [2.24, 2.45) is 0 Å². The molecule has 0 saturated heterocycles. The number of aromatic hydroxyl groups is 1. The number of carbonyl (C=O) groups excluding carboxylic acids is 2. The number of hydrogen-bond donors (Lipinski definition) is 2. The molecule has 9 heteroatoms. The Morgan fingerprint density at radius 1 is 1.15 bits per heavy atom. The van der Waals surface area contributed by atoms with E-state index in [9.17, 15) is 27.9 Å². The van der Waals surface area contributed by atoms with E-state index in [4.69, 9.17) is 0 Å². The summed E-state index contributed by atoms with van der Waals surface area (Å²) in [5.41, 5.74) is 1.65. The molecule has 1 aromatic heterocycles. The normalized spacial score (nSPS) is 11.9. The smallest absolute Gasteiger partial charge is 0.416 e. The van der Waals surface area contributed by atoms with E-state index in [0.717, 1.165) is 12.1 Å². The van der Waals surface area contributed by atoms with Crippen LogP contribution < -0.4 is 5.32 Å². The molecule has 1 amide bonds. The predicted molar refractivity (Wildman–Crippen MR) is 127 cm³/mol. The molecule has 0 unspecified atom stereocenters. The quantitative estimate of drug-likeness (QED) is 0.295. The van der Waals surface area contributed by atoms with E-state index in [1.165, 1.54) is 48.6 Å². The highest BCUT2D eigenvalue weighted by atomic mass is 32.1. The van der Waals surface area contributed by atoms with Gasteiger partial charge in [0, 0.05) is 24.2 Å². The van der Waals surface area contributed by atoms with Gasteiger partial charge in [0.05, 0.1) is 21.7 Å². The maximum atomic E-state index is 12.9. The Morgan fingerprint density at radius 3 is 2.35 bits per heavy atom. The zero-order valence-electron chi connectivity index (χ0n) is 18.9. The standard InChI is InChI=1S/C25H23F3N2O3S/c1-13(2)23-22(34-24(30-23)16-5-7-17(8-6-16)25(26,27)28)10-9-20(32)18-11-14(3)19(12-21(18)33)29-15(4)31/h5-13,33H,1-4H3,(H,29,31)/b10-9+. The van der Waals surface area contributed by atoms with Gasteiger partial charge in [-0.3, -0.25) is 9.59 Å². The minimum Gasteiger partial charge on any atom is -0.507 e. The number of benzene rings is 2. The summed E-state index contributed by atoms with van der Waals surface area (Å²) in [6.07, 6.45) is -1.50. The second kappa shape index (κ2) is 9.80. The van der Waals surface area contributed by atoms with Crippen molar-refractivity contribution >= 4 is 34.8 Å². The Labute approximate surface area is 199 Å². The number of nitrogens with zero attached hydrogens (tertiary/aromatic N) is 1. The van der Waals surface area contributed by atoms with Gasteiger partial charge in [0.25, 0.3) is 0 Å². The number of nitrogens with one attached hydrogen (secondary N) is 1. The van der Waals surface area contributed by atoms with E-state index in [2.05, 4.69) is 10.3 Å². The maximum absolute atomic E-state index is 12.9. The Balaban J connectivity index is 1.90. The van der Waals surface area contributed by atoms with E-state index in [1.54, 1.807) is 13.0 Å². The van der Waals surface area contributed by atoms with E-state index >= 15 is 0 Å². The lowest BCUT2D eigenvalue weighted by Crippen LogP contribution is -2.08. The van der Waals surface area contributed by atoms with Crippen LogP contribution in [0.1, 0.15) is 58.7 Å². The molecule has 0 radical (unpaired) electrons. The third-order valence-electron chi connectivity index (χ3n) is 4.99. The first-order valence-corrected chi connectivity index (χ1v) is 11.2. The minimum absolute atomic E-state index is 0.0155. The number of carbonyl (C=O) groups is 2. The third kappa shape index (κ3) is 5.72. The average molecular weight is 489 g/mol. The number of anilines is 1. The Kier molecular flexibility index (Phi) is 7.26. The summed E-state index contributed by atoms with van der Waals surface area (Å²) in [6, 6.07) is 7.61. The molecule has 0 atom stereocenters. The number of aryl methyl sites for hydroxylation is 1. The number of phenolic OH excluding ortho intramolecular Hbond substituents is 1. The number of aromatic nitrogens is 1. The van der Waals surface area contributed by atoms with Gasteiger partial charge in [-0.2, -0.15) is 13.2 Å². The third-order valence-corrected chi connectivity index (χ3v) is 6.08. The molecular weight excluding hydrogens is 465 g/mol. The molecule has 3 rings (SSSR count). The average Bonchev–Trinajstić information content (AvgIpc) is 3.18. The van der Waals surface area contributed by atoms with Crippen LogP contribution in [0.25, 0.3) is 16.6 Å². The molecule has 2 N–H and O–H groups in total. The maximum Gasteiger partial charge on any atom is 0.416 e. The van der Waals surface area contributed by atoms with Gasteiger partial charge >= 0.3 is 6.18 Å². The molecule has 34 heavy (non-hydrogen) atoms. The number of allylic oxidation sites excluding steroid dienone is 1. The lowest BCUT2D eigenvalue weighted by atomic mass is 10.0. The number of hydrogen-bond acceptors (Lipinski definition) is 5. The molecule has 0 aliphatic carbocycles. The molecule has 3 aromatic rings. The van der Waals surface area contributed by atoms with Crippen molar-refractivity contribution in [3.8, 4) is 16.3 Å². The number of ketones is 1. The van der Waals surface area contributed by atoms with Crippen LogP contribution in [0.4, 0.5) is 18.9 Å². The minimum atomic E-state index is -4.41. The van der Waals surface area contributed by atoms with E-state index in [-0.39, 0.29) is 23.1 Å². The summed E-state index contributed by atoms with van der Waals surface area (Å²) >= 11 is 1.27. The highest BCUT2D eigenvalue weighted by Crippen LogP contribution is 2.35. The van der Waals surface area contributed by atoms with Gasteiger partial charge < -0.3 is 10.4 Å². The first-order valence-electron chi connectivity index (χ1n) is 10.4. The van der Waals surface area contributed by atoms with Gasteiger partial charge in [-0.1, -0.05) is 26.0 Å². The van der Waals surface area contributed by atoms with E-state index < -0.39 is 17.5 Å². The van der Waals surface area contributed by atoms with Crippen molar-refractivity contribution in [2.75, 3.05) is 5.32 Å². The number of alkyl halides is 3. The van der Waals surface area contributed by atoms with Crippen LogP contribution in [-0.4, -0.2) is 21.8 Å². The lowest BCUT2D eigenvalue weighted by Gasteiger charge is -2.09. The van der Waals surface area contributed by atoms with Crippen LogP contribution in [0.2, 0.25) is 0 Å². The fourth-order valence-corrected chi connectivity index (χ4v) is 4.39. The second-order valence-corrected chi connectivity index (χ2v) is 9.09. The van der Waals surface area contributed by atoms with Crippen LogP contribution in [0.5, 0.6) is 5.75 Å². The molecule has 0 spiro atoms. The zero-order valence-corrected chi connectivity index (χ0v) is 19.8. The molecule has 0 saturated carbocycles. The second-order valence-electron chi connectivity index (χ2n) is 8.06. The molecule has 178 valence electrons. The lowest BCUT2D eigenvalue weighted by molar-refractivity contribution is -0.137. The summed E-state index contributed by atoms with van der Waals surface area (Å²) in [6.45, 7) is 6.92. The van der Waals surface area contributed by atoms with Gasteiger partial charge in [-0.15, -0.1) is 11.3 Å². The number of halogens is 3. The van der Waals surface area contributed by atoms with Crippen LogP contribution in [0.15, 0.2) is 42.5 Å². The highest BCUT2D eigenvalue weighted by Gasteiger charge is 2.30. The Hall–Kier alpha value is -3.46.